The molecule has 1 aromatic rings. The van der Waals surface area contributed by atoms with E-state index >= 15 is 0 Å². The molecule has 0 saturated heterocycles. The normalized spacial score (nSPS) is 8.92. The molecule has 1 aromatic heterocycles. The smallest absolute Gasteiger partial charge is 0.132 e. The summed E-state index contributed by atoms with van der Waals surface area (Å²) in [7, 11) is 3.92. The van der Waals surface area contributed by atoms with E-state index in [-0.39, 0.29) is 12.4 Å². The SMILES string of the molecule is CN(C)c1ncccc1CN.Cl. The third kappa shape index (κ3) is 2.36. The number of hydrogen-bond acceptors (Lipinski definition) is 3. The Morgan fingerprint density at radius 3 is 2.58 bits per heavy atom. The second-order valence-electron chi connectivity index (χ2n) is 2.58. The van der Waals surface area contributed by atoms with Crippen molar-refractivity contribution in [1.29, 1.82) is 0 Å². The van der Waals surface area contributed by atoms with E-state index in [4.69, 9.17) is 5.73 Å². The van der Waals surface area contributed by atoms with Gasteiger partial charge >= 0.3 is 0 Å². The van der Waals surface area contributed by atoms with Gasteiger partial charge in [-0.05, 0) is 6.07 Å². The molecule has 0 saturated carbocycles. The van der Waals surface area contributed by atoms with Crippen LogP contribution in [0.2, 0.25) is 0 Å². The largest absolute Gasteiger partial charge is 0.362 e. The maximum Gasteiger partial charge on any atom is 0.132 e. The number of nitrogens with two attached hydrogens (primary N) is 1. The van der Waals surface area contributed by atoms with Crippen LogP contribution in [0.25, 0.3) is 0 Å². The minimum Gasteiger partial charge on any atom is -0.362 e. The highest BCUT2D eigenvalue weighted by Crippen LogP contribution is 2.12. The van der Waals surface area contributed by atoms with Gasteiger partial charge in [0.15, 0.2) is 0 Å². The molecule has 1 heterocycles. The molecule has 0 bridgehead atoms. The summed E-state index contributed by atoms with van der Waals surface area (Å²) in [5.41, 5.74) is 6.60. The minimum absolute atomic E-state index is 0. The predicted octanol–water partition coefficient (Wildman–Crippen LogP) is 1.03. The Morgan fingerprint density at radius 1 is 1.50 bits per heavy atom. The highest BCUT2D eigenvalue weighted by molar-refractivity contribution is 5.85. The predicted molar refractivity (Wildman–Crippen MR) is 53.7 cm³/mol. The zero-order chi connectivity index (χ0) is 8.27. The quantitative estimate of drug-likeness (QED) is 0.752. The Hall–Kier alpha value is -0.800. The topological polar surface area (TPSA) is 42.2 Å². The van der Waals surface area contributed by atoms with Crippen LogP contribution in [0.3, 0.4) is 0 Å². The first kappa shape index (κ1) is 11.2. The number of aromatic nitrogens is 1. The van der Waals surface area contributed by atoms with Crippen LogP contribution in [-0.4, -0.2) is 19.1 Å². The number of nitrogens with zero attached hydrogens (tertiary/aromatic N) is 2. The van der Waals surface area contributed by atoms with Gasteiger partial charge in [0.05, 0.1) is 0 Å². The van der Waals surface area contributed by atoms with Crippen LogP contribution < -0.4 is 10.6 Å². The highest BCUT2D eigenvalue weighted by Gasteiger charge is 2.01. The van der Waals surface area contributed by atoms with E-state index in [0.29, 0.717) is 6.54 Å². The second kappa shape index (κ2) is 4.95. The Balaban J connectivity index is 0.00000121. The fourth-order valence-electron chi connectivity index (χ4n) is 0.992. The molecule has 0 atom stereocenters. The maximum absolute atomic E-state index is 5.52. The molecule has 1 rings (SSSR count). The van der Waals surface area contributed by atoms with Gasteiger partial charge in [0, 0.05) is 32.4 Å². The number of rotatable bonds is 2. The van der Waals surface area contributed by atoms with Gasteiger partial charge in [-0.2, -0.15) is 0 Å². The van der Waals surface area contributed by atoms with E-state index in [0.717, 1.165) is 11.4 Å². The van der Waals surface area contributed by atoms with Gasteiger partial charge in [-0.1, -0.05) is 6.07 Å². The summed E-state index contributed by atoms with van der Waals surface area (Å²) < 4.78 is 0. The van der Waals surface area contributed by atoms with Gasteiger partial charge in [0.25, 0.3) is 0 Å². The lowest BCUT2D eigenvalue weighted by Crippen LogP contribution is -2.14. The average molecular weight is 188 g/mol. The van der Waals surface area contributed by atoms with Crippen molar-refractivity contribution in [3.8, 4) is 0 Å². The van der Waals surface area contributed by atoms with Crippen molar-refractivity contribution in [3.63, 3.8) is 0 Å². The highest BCUT2D eigenvalue weighted by atomic mass is 35.5. The summed E-state index contributed by atoms with van der Waals surface area (Å²) in [5, 5.41) is 0. The van der Waals surface area contributed by atoms with E-state index in [1.54, 1.807) is 6.20 Å². The summed E-state index contributed by atoms with van der Waals surface area (Å²) in [6.45, 7) is 0.543. The first-order valence-corrected chi connectivity index (χ1v) is 3.57. The molecule has 68 valence electrons. The molecule has 0 aromatic carbocycles. The zero-order valence-electron chi connectivity index (χ0n) is 7.32. The lowest BCUT2D eigenvalue weighted by atomic mass is 10.2. The number of pyridine rings is 1. The average Bonchev–Trinajstić information content (AvgIpc) is 2.04. The van der Waals surface area contributed by atoms with Crippen molar-refractivity contribution in [3.05, 3.63) is 23.9 Å². The van der Waals surface area contributed by atoms with Gasteiger partial charge in [-0.25, -0.2) is 4.98 Å². The molecule has 0 aliphatic rings. The van der Waals surface area contributed by atoms with Crippen molar-refractivity contribution < 1.29 is 0 Å². The monoisotopic (exact) mass is 187 g/mol. The molecule has 0 spiro atoms. The lowest BCUT2D eigenvalue weighted by molar-refractivity contribution is 0.986. The molecule has 0 radical (unpaired) electrons. The van der Waals surface area contributed by atoms with Crippen LogP contribution >= 0.6 is 12.4 Å². The molecule has 0 unspecified atom stereocenters. The van der Waals surface area contributed by atoms with Crippen LogP contribution in [0.1, 0.15) is 5.56 Å². The van der Waals surface area contributed by atoms with Crippen LogP contribution in [0.5, 0.6) is 0 Å². The molecule has 0 fully saturated rings. The van der Waals surface area contributed by atoms with Crippen LogP contribution in [0, 0.1) is 0 Å². The van der Waals surface area contributed by atoms with E-state index in [2.05, 4.69) is 4.98 Å². The van der Waals surface area contributed by atoms with Crippen LogP contribution in [0.15, 0.2) is 18.3 Å². The molecular weight excluding hydrogens is 174 g/mol. The van der Waals surface area contributed by atoms with Gasteiger partial charge in [0.2, 0.25) is 0 Å². The minimum atomic E-state index is 0. The molecule has 0 aliphatic carbocycles. The standard InChI is InChI=1S/C8H13N3.ClH/c1-11(2)8-7(6-9)4-3-5-10-8;/h3-5H,6,9H2,1-2H3;1H. The van der Waals surface area contributed by atoms with Crippen molar-refractivity contribution in [1.82, 2.24) is 4.98 Å². The first-order valence-electron chi connectivity index (χ1n) is 3.57. The van der Waals surface area contributed by atoms with Gasteiger partial charge in [-0.3, -0.25) is 0 Å². The molecule has 12 heavy (non-hydrogen) atoms. The van der Waals surface area contributed by atoms with Gasteiger partial charge < -0.3 is 10.6 Å². The van der Waals surface area contributed by atoms with Crippen molar-refractivity contribution in [2.24, 2.45) is 5.73 Å². The van der Waals surface area contributed by atoms with Crippen LogP contribution in [-0.2, 0) is 6.54 Å². The molecule has 0 aliphatic heterocycles. The number of hydrogen-bond donors (Lipinski definition) is 1. The first-order chi connectivity index (χ1) is 5.25. The number of anilines is 1. The molecule has 2 N–H and O–H groups in total. The lowest BCUT2D eigenvalue weighted by Gasteiger charge is -2.14. The van der Waals surface area contributed by atoms with Crippen molar-refractivity contribution in [2.45, 2.75) is 6.54 Å². The maximum atomic E-state index is 5.52. The van der Waals surface area contributed by atoms with E-state index in [9.17, 15) is 0 Å². The third-order valence-electron chi connectivity index (χ3n) is 1.51. The van der Waals surface area contributed by atoms with Crippen molar-refractivity contribution >= 4 is 18.2 Å². The molecule has 3 nitrogen and oxygen atoms in total. The Bertz CT molecular complexity index is 237. The van der Waals surface area contributed by atoms with Crippen LogP contribution in [0.4, 0.5) is 5.82 Å². The Labute approximate surface area is 79.0 Å². The Morgan fingerprint density at radius 2 is 2.17 bits per heavy atom. The fourth-order valence-corrected chi connectivity index (χ4v) is 0.992. The molecule has 4 heteroatoms. The van der Waals surface area contributed by atoms with Crippen molar-refractivity contribution in [2.75, 3.05) is 19.0 Å². The van der Waals surface area contributed by atoms with Gasteiger partial charge in [-0.15, -0.1) is 12.4 Å². The summed E-state index contributed by atoms with van der Waals surface area (Å²) in [4.78, 5) is 6.16. The summed E-state index contributed by atoms with van der Waals surface area (Å²) >= 11 is 0. The number of halogens is 1. The summed E-state index contributed by atoms with van der Waals surface area (Å²) in [6.07, 6.45) is 1.77. The Kier molecular flexibility index (Phi) is 4.62. The third-order valence-corrected chi connectivity index (χ3v) is 1.51. The molecular formula is C8H14ClN3. The van der Waals surface area contributed by atoms with E-state index < -0.39 is 0 Å². The van der Waals surface area contributed by atoms with E-state index in [1.807, 2.05) is 31.1 Å². The zero-order valence-corrected chi connectivity index (χ0v) is 8.14. The van der Waals surface area contributed by atoms with Gasteiger partial charge in [0.1, 0.15) is 5.82 Å². The second-order valence-corrected chi connectivity index (χ2v) is 2.58. The molecule has 0 amide bonds. The summed E-state index contributed by atoms with van der Waals surface area (Å²) in [5.74, 6) is 0.954. The summed E-state index contributed by atoms with van der Waals surface area (Å²) in [6, 6.07) is 3.89. The van der Waals surface area contributed by atoms with E-state index in [1.165, 1.54) is 0 Å². The fraction of sp³-hybridized carbons (Fsp3) is 0.375.